The van der Waals surface area contributed by atoms with Crippen LogP contribution in [0.3, 0.4) is 0 Å². The molecule has 0 saturated carbocycles. The van der Waals surface area contributed by atoms with Gasteiger partial charge in [0.2, 0.25) is 5.16 Å². The Morgan fingerprint density at radius 3 is 2.79 bits per heavy atom. The van der Waals surface area contributed by atoms with E-state index in [1.165, 1.54) is 0 Å². The van der Waals surface area contributed by atoms with E-state index in [-0.39, 0.29) is 5.75 Å². The van der Waals surface area contributed by atoms with E-state index < -0.39 is 5.97 Å². The summed E-state index contributed by atoms with van der Waals surface area (Å²) in [6.45, 7) is 0. The molecule has 0 saturated heterocycles. The first kappa shape index (κ1) is 13.4. The van der Waals surface area contributed by atoms with Crippen LogP contribution in [0.1, 0.15) is 11.4 Å². The second-order valence-corrected chi connectivity index (χ2v) is 4.71. The van der Waals surface area contributed by atoms with Crippen molar-refractivity contribution in [3.8, 4) is 5.75 Å². The molecule has 100 valence electrons. The maximum atomic E-state index is 10.4. The molecular formula is C12H13N3O3S. The van der Waals surface area contributed by atoms with E-state index in [0.29, 0.717) is 17.4 Å². The van der Waals surface area contributed by atoms with Crippen molar-refractivity contribution in [3.63, 3.8) is 0 Å². The maximum absolute atomic E-state index is 10.4. The largest absolute Gasteiger partial charge is 0.497 e. The van der Waals surface area contributed by atoms with Crippen LogP contribution in [0.4, 0.5) is 0 Å². The monoisotopic (exact) mass is 279 g/mol. The molecule has 0 radical (unpaired) electrons. The zero-order chi connectivity index (χ0) is 13.7. The lowest BCUT2D eigenvalue weighted by Crippen LogP contribution is -1.97. The predicted octanol–water partition coefficient (Wildman–Crippen LogP) is 1.58. The average molecular weight is 279 g/mol. The fourth-order valence-electron chi connectivity index (χ4n) is 1.48. The first-order valence-corrected chi connectivity index (χ1v) is 6.54. The molecule has 2 N–H and O–H groups in total. The molecular weight excluding hydrogens is 266 g/mol. The van der Waals surface area contributed by atoms with Gasteiger partial charge in [-0.1, -0.05) is 23.9 Å². The second kappa shape index (κ2) is 6.24. The highest BCUT2D eigenvalue weighted by molar-refractivity contribution is 7.99. The van der Waals surface area contributed by atoms with Gasteiger partial charge in [0.15, 0.2) is 0 Å². The fraction of sp³-hybridized carbons (Fsp3) is 0.250. The highest BCUT2D eigenvalue weighted by Crippen LogP contribution is 2.15. The van der Waals surface area contributed by atoms with Gasteiger partial charge in [0, 0.05) is 6.42 Å². The van der Waals surface area contributed by atoms with E-state index in [1.54, 1.807) is 7.11 Å². The van der Waals surface area contributed by atoms with Crippen molar-refractivity contribution in [1.82, 2.24) is 15.2 Å². The summed E-state index contributed by atoms with van der Waals surface area (Å²) >= 11 is 1.09. The molecule has 0 aliphatic heterocycles. The number of rotatable bonds is 6. The van der Waals surface area contributed by atoms with Gasteiger partial charge in [-0.25, -0.2) is 4.98 Å². The standard InChI is InChI=1S/C12H13N3O3S/c1-18-9-4-2-8(3-5-9)6-10-13-12(15-14-10)19-7-11(16)17/h2-5H,6-7H2,1H3,(H,16,17)(H,13,14,15). The molecule has 6 nitrogen and oxygen atoms in total. The Hall–Kier alpha value is -2.02. The molecule has 1 aromatic heterocycles. The van der Waals surface area contributed by atoms with Crippen LogP contribution in [0, 0.1) is 0 Å². The molecule has 2 rings (SSSR count). The lowest BCUT2D eigenvalue weighted by molar-refractivity contribution is -0.133. The van der Waals surface area contributed by atoms with Crippen LogP contribution in [0.15, 0.2) is 29.4 Å². The number of aromatic amines is 1. The summed E-state index contributed by atoms with van der Waals surface area (Å²) in [6.07, 6.45) is 0.616. The number of thioether (sulfide) groups is 1. The van der Waals surface area contributed by atoms with Crippen LogP contribution in [0.5, 0.6) is 5.75 Å². The summed E-state index contributed by atoms with van der Waals surface area (Å²) in [4.78, 5) is 14.7. The summed E-state index contributed by atoms with van der Waals surface area (Å²) in [5.41, 5.74) is 1.08. The molecule has 0 aliphatic carbocycles. The first-order chi connectivity index (χ1) is 9.17. The number of H-pyrrole nitrogens is 1. The Labute approximate surface area is 114 Å². The Morgan fingerprint density at radius 2 is 2.16 bits per heavy atom. The van der Waals surface area contributed by atoms with Crippen LogP contribution >= 0.6 is 11.8 Å². The smallest absolute Gasteiger partial charge is 0.313 e. The summed E-state index contributed by atoms with van der Waals surface area (Å²) in [6, 6.07) is 7.66. The van der Waals surface area contributed by atoms with Crippen LogP contribution in [-0.4, -0.2) is 39.1 Å². The van der Waals surface area contributed by atoms with Gasteiger partial charge in [-0.2, -0.15) is 0 Å². The number of carboxylic acids is 1. The Balaban J connectivity index is 1.96. The number of hydrogen-bond donors (Lipinski definition) is 2. The van der Waals surface area contributed by atoms with Crippen molar-refractivity contribution in [2.45, 2.75) is 11.6 Å². The van der Waals surface area contributed by atoms with Crippen LogP contribution in [-0.2, 0) is 11.2 Å². The third-order valence-electron chi connectivity index (χ3n) is 2.37. The lowest BCUT2D eigenvalue weighted by atomic mass is 10.1. The number of nitrogens with one attached hydrogen (secondary N) is 1. The van der Waals surface area contributed by atoms with E-state index in [2.05, 4.69) is 15.2 Å². The number of carbonyl (C=O) groups is 1. The van der Waals surface area contributed by atoms with Crippen molar-refractivity contribution < 1.29 is 14.6 Å². The van der Waals surface area contributed by atoms with Crippen molar-refractivity contribution in [3.05, 3.63) is 35.7 Å². The summed E-state index contributed by atoms with van der Waals surface area (Å²) in [7, 11) is 1.62. The van der Waals surface area contributed by atoms with Gasteiger partial charge in [-0.3, -0.25) is 9.89 Å². The molecule has 7 heteroatoms. The number of aromatic nitrogens is 3. The van der Waals surface area contributed by atoms with Gasteiger partial charge in [0.1, 0.15) is 11.6 Å². The molecule has 2 aromatic rings. The fourth-order valence-corrected chi connectivity index (χ4v) is 2.02. The van der Waals surface area contributed by atoms with E-state index in [0.717, 1.165) is 23.1 Å². The lowest BCUT2D eigenvalue weighted by Gasteiger charge is -2.01. The van der Waals surface area contributed by atoms with Gasteiger partial charge in [-0.05, 0) is 17.7 Å². The minimum Gasteiger partial charge on any atom is -0.497 e. The number of aliphatic carboxylic acids is 1. The Morgan fingerprint density at radius 1 is 1.42 bits per heavy atom. The van der Waals surface area contributed by atoms with Crippen LogP contribution in [0.25, 0.3) is 0 Å². The number of nitrogens with zero attached hydrogens (tertiary/aromatic N) is 2. The summed E-state index contributed by atoms with van der Waals surface area (Å²) < 4.78 is 5.08. The number of methoxy groups -OCH3 is 1. The van der Waals surface area contributed by atoms with Gasteiger partial charge >= 0.3 is 5.97 Å². The van der Waals surface area contributed by atoms with E-state index >= 15 is 0 Å². The quantitative estimate of drug-likeness (QED) is 0.780. The SMILES string of the molecule is COc1ccc(Cc2nc(SCC(=O)O)n[nH]2)cc1. The number of carboxylic acid groups (broad SMARTS) is 1. The molecule has 0 spiro atoms. The van der Waals surface area contributed by atoms with E-state index in [4.69, 9.17) is 9.84 Å². The van der Waals surface area contributed by atoms with Crippen LogP contribution in [0.2, 0.25) is 0 Å². The van der Waals surface area contributed by atoms with Gasteiger partial charge < -0.3 is 9.84 Å². The van der Waals surface area contributed by atoms with Crippen molar-refractivity contribution in [2.24, 2.45) is 0 Å². The van der Waals surface area contributed by atoms with Crippen molar-refractivity contribution in [1.29, 1.82) is 0 Å². The molecule has 1 heterocycles. The van der Waals surface area contributed by atoms with Crippen LogP contribution < -0.4 is 4.74 Å². The van der Waals surface area contributed by atoms with E-state index in [1.807, 2.05) is 24.3 Å². The molecule has 0 unspecified atom stereocenters. The average Bonchev–Trinajstić information content (AvgIpc) is 2.85. The molecule has 0 bridgehead atoms. The minimum absolute atomic E-state index is 0.0418. The molecule has 0 fully saturated rings. The van der Waals surface area contributed by atoms with Gasteiger partial charge in [0.25, 0.3) is 0 Å². The first-order valence-electron chi connectivity index (χ1n) is 5.56. The number of ether oxygens (including phenoxy) is 1. The van der Waals surface area contributed by atoms with Crippen molar-refractivity contribution >= 4 is 17.7 Å². The zero-order valence-corrected chi connectivity index (χ0v) is 11.1. The third kappa shape index (κ3) is 3.99. The zero-order valence-electron chi connectivity index (χ0n) is 10.3. The minimum atomic E-state index is -0.883. The molecule has 19 heavy (non-hydrogen) atoms. The maximum Gasteiger partial charge on any atom is 0.313 e. The normalized spacial score (nSPS) is 10.4. The molecule has 0 aliphatic rings. The molecule has 1 aromatic carbocycles. The molecule has 0 atom stereocenters. The third-order valence-corrected chi connectivity index (χ3v) is 3.20. The second-order valence-electron chi connectivity index (χ2n) is 3.77. The van der Waals surface area contributed by atoms with E-state index in [9.17, 15) is 4.79 Å². The van der Waals surface area contributed by atoms with Gasteiger partial charge in [0.05, 0.1) is 12.9 Å². The predicted molar refractivity (Wildman–Crippen MR) is 70.5 cm³/mol. The molecule has 0 amide bonds. The summed E-state index contributed by atoms with van der Waals surface area (Å²) in [5.74, 6) is 0.586. The highest BCUT2D eigenvalue weighted by Gasteiger charge is 2.07. The Bertz CT molecular complexity index is 554. The number of benzene rings is 1. The topological polar surface area (TPSA) is 88.1 Å². The van der Waals surface area contributed by atoms with Crippen molar-refractivity contribution in [2.75, 3.05) is 12.9 Å². The summed E-state index contributed by atoms with van der Waals surface area (Å²) in [5, 5.41) is 15.8. The number of hydrogen-bond acceptors (Lipinski definition) is 5. The highest BCUT2D eigenvalue weighted by atomic mass is 32.2. The van der Waals surface area contributed by atoms with Gasteiger partial charge in [-0.15, -0.1) is 5.10 Å². The Kier molecular flexibility index (Phi) is 4.40.